The maximum absolute atomic E-state index is 12.2. The normalized spacial score (nSPS) is 14.3. The number of carboxylic acids is 1. The van der Waals surface area contributed by atoms with Gasteiger partial charge in [-0.1, -0.05) is 25.5 Å². The van der Waals surface area contributed by atoms with Gasteiger partial charge in [0, 0.05) is 17.5 Å². The van der Waals surface area contributed by atoms with Crippen molar-refractivity contribution in [1.29, 1.82) is 0 Å². The van der Waals surface area contributed by atoms with Gasteiger partial charge in [0.15, 0.2) is 0 Å². The summed E-state index contributed by atoms with van der Waals surface area (Å²) in [6, 6.07) is -0.896. The van der Waals surface area contributed by atoms with Gasteiger partial charge in [-0.25, -0.2) is 9.59 Å². The summed E-state index contributed by atoms with van der Waals surface area (Å²) in [7, 11) is 1.51. The minimum absolute atomic E-state index is 0.113. The smallest absolute Gasteiger partial charge is 0.342 e. The zero-order chi connectivity index (χ0) is 23.3. The van der Waals surface area contributed by atoms with Crippen LogP contribution in [0.25, 0.3) is 0 Å². The Labute approximate surface area is 182 Å². The van der Waals surface area contributed by atoms with E-state index in [0.717, 1.165) is 11.1 Å². The molecule has 8 nitrogen and oxygen atoms in total. The van der Waals surface area contributed by atoms with Gasteiger partial charge in [0.2, 0.25) is 5.91 Å². The third-order valence-corrected chi connectivity index (χ3v) is 5.39. The predicted octanol–water partition coefficient (Wildman–Crippen LogP) is 3.26. The van der Waals surface area contributed by atoms with E-state index >= 15 is 0 Å². The maximum atomic E-state index is 12.2. The Kier molecular flexibility index (Phi) is 8.08. The van der Waals surface area contributed by atoms with Crippen LogP contribution in [0.2, 0.25) is 0 Å². The van der Waals surface area contributed by atoms with Crippen LogP contribution in [0.4, 0.5) is 0 Å². The van der Waals surface area contributed by atoms with Gasteiger partial charge in [-0.3, -0.25) is 4.79 Å². The number of hydrogen-bond donors (Lipinski definition) is 3. The number of cyclic esters (lactones) is 1. The zero-order valence-electron chi connectivity index (χ0n) is 18.7. The van der Waals surface area contributed by atoms with Crippen molar-refractivity contribution in [2.75, 3.05) is 7.11 Å². The van der Waals surface area contributed by atoms with Crippen molar-refractivity contribution in [2.24, 2.45) is 5.92 Å². The highest BCUT2D eigenvalue weighted by Crippen LogP contribution is 2.42. The van der Waals surface area contributed by atoms with Crippen molar-refractivity contribution >= 4 is 17.8 Å². The minimum atomic E-state index is -1.04. The Morgan fingerprint density at radius 3 is 2.55 bits per heavy atom. The fourth-order valence-electron chi connectivity index (χ4n) is 3.68. The van der Waals surface area contributed by atoms with Crippen LogP contribution in [0.1, 0.15) is 67.1 Å². The van der Waals surface area contributed by atoms with Gasteiger partial charge in [0.1, 0.15) is 29.7 Å². The first kappa shape index (κ1) is 24.2. The lowest BCUT2D eigenvalue weighted by Gasteiger charge is -2.17. The van der Waals surface area contributed by atoms with Crippen molar-refractivity contribution < 1.29 is 34.1 Å². The molecule has 0 saturated carbocycles. The van der Waals surface area contributed by atoms with Crippen LogP contribution in [0.5, 0.6) is 11.5 Å². The molecule has 1 aromatic carbocycles. The molecule has 170 valence electrons. The molecule has 1 aromatic rings. The Balaban J connectivity index is 2.07. The SMILES string of the molecule is COc1c(C)c2c(c(O)c1C/C=C(\C)CCC(=O)N[C@@H](CC(C)C)C(=O)O)C(=O)OC2. The Bertz CT molecular complexity index is 902. The zero-order valence-corrected chi connectivity index (χ0v) is 18.7. The Morgan fingerprint density at radius 2 is 1.97 bits per heavy atom. The number of rotatable bonds is 10. The van der Waals surface area contributed by atoms with Gasteiger partial charge in [0.25, 0.3) is 0 Å². The van der Waals surface area contributed by atoms with Crippen LogP contribution < -0.4 is 10.1 Å². The Morgan fingerprint density at radius 1 is 1.29 bits per heavy atom. The van der Waals surface area contributed by atoms with E-state index in [9.17, 15) is 24.6 Å². The Hall–Kier alpha value is -3.03. The molecule has 0 aliphatic carbocycles. The third kappa shape index (κ3) is 5.77. The van der Waals surface area contributed by atoms with Gasteiger partial charge in [-0.2, -0.15) is 0 Å². The van der Waals surface area contributed by atoms with Gasteiger partial charge in [-0.15, -0.1) is 0 Å². The molecule has 1 amide bonds. The summed E-state index contributed by atoms with van der Waals surface area (Å²) in [4.78, 5) is 35.4. The lowest BCUT2D eigenvalue weighted by Crippen LogP contribution is -2.41. The number of nitrogens with one attached hydrogen (secondary N) is 1. The van der Waals surface area contributed by atoms with Gasteiger partial charge < -0.3 is 25.0 Å². The number of benzene rings is 1. The van der Waals surface area contributed by atoms with Crippen molar-refractivity contribution in [3.8, 4) is 11.5 Å². The molecule has 0 saturated heterocycles. The molecule has 1 heterocycles. The number of hydrogen-bond acceptors (Lipinski definition) is 6. The van der Waals surface area contributed by atoms with E-state index in [2.05, 4.69) is 5.32 Å². The summed E-state index contributed by atoms with van der Waals surface area (Å²) in [5.74, 6) is -1.39. The van der Waals surface area contributed by atoms with E-state index in [0.29, 0.717) is 36.1 Å². The van der Waals surface area contributed by atoms with Gasteiger partial charge >= 0.3 is 11.9 Å². The third-order valence-electron chi connectivity index (χ3n) is 5.39. The molecule has 8 heteroatoms. The summed E-state index contributed by atoms with van der Waals surface area (Å²) in [6.45, 7) is 7.59. The molecule has 1 aliphatic heterocycles. The summed E-state index contributed by atoms with van der Waals surface area (Å²) < 4.78 is 10.5. The van der Waals surface area contributed by atoms with Gasteiger partial charge in [-0.05, 0) is 44.6 Å². The van der Waals surface area contributed by atoms with E-state index in [-0.39, 0.29) is 36.2 Å². The highest BCUT2D eigenvalue weighted by molar-refractivity contribution is 5.98. The first-order valence-electron chi connectivity index (χ1n) is 10.3. The first-order valence-corrected chi connectivity index (χ1v) is 10.3. The predicted molar refractivity (Wildman–Crippen MR) is 114 cm³/mol. The number of allylic oxidation sites excluding steroid dienone is 2. The number of carbonyl (C=O) groups excluding carboxylic acids is 2. The number of amides is 1. The maximum Gasteiger partial charge on any atom is 0.342 e. The molecule has 1 aliphatic rings. The van der Waals surface area contributed by atoms with Gasteiger partial charge in [0.05, 0.1) is 7.11 Å². The monoisotopic (exact) mass is 433 g/mol. The highest BCUT2D eigenvalue weighted by atomic mass is 16.5. The number of aromatic hydroxyl groups is 1. The fourth-order valence-corrected chi connectivity index (χ4v) is 3.68. The van der Waals surface area contributed by atoms with Crippen molar-refractivity contribution in [1.82, 2.24) is 5.32 Å². The number of esters is 1. The molecule has 31 heavy (non-hydrogen) atoms. The number of aliphatic carboxylic acids is 1. The summed E-state index contributed by atoms with van der Waals surface area (Å²) in [5, 5.41) is 22.5. The lowest BCUT2D eigenvalue weighted by atomic mass is 9.94. The molecule has 0 spiro atoms. The quantitative estimate of drug-likeness (QED) is 0.382. The average Bonchev–Trinajstić information content (AvgIpc) is 3.09. The van der Waals surface area contributed by atoms with Crippen molar-refractivity contribution in [3.63, 3.8) is 0 Å². The molecule has 2 rings (SSSR count). The largest absolute Gasteiger partial charge is 0.507 e. The van der Waals surface area contributed by atoms with Crippen LogP contribution in [-0.4, -0.2) is 41.2 Å². The topological polar surface area (TPSA) is 122 Å². The minimum Gasteiger partial charge on any atom is -0.507 e. The second-order valence-electron chi connectivity index (χ2n) is 8.26. The number of carbonyl (C=O) groups is 3. The van der Waals surface area contributed by atoms with Crippen LogP contribution in [0, 0.1) is 12.8 Å². The molecular formula is C23H31NO7. The van der Waals surface area contributed by atoms with E-state index in [4.69, 9.17) is 9.47 Å². The highest BCUT2D eigenvalue weighted by Gasteiger charge is 2.31. The second-order valence-corrected chi connectivity index (χ2v) is 8.26. The van der Waals surface area contributed by atoms with Crippen LogP contribution in [-0.2, 0) is 27.4 Å². The van der Waals surface area contributed by atoms with E-state index < -0.39 is 18.0 Å². The molecule has 0 bridgehead atoms. The number of ether oxygens (including phenoxy) is 2. The van der Waals surface area contributed by atoms with Crippen LogP contribution >= 0.6 is 0 Å². The molecule has 1 atom stereocenters. The standard InChI is InChI=1S/C23H31NO7/c1-12(2)10-17(22(27)28)24-18(25)9-7-13(3)6-8-15-20(26)19-16(11-31-23(19)29)14(4)21(15)30-5/h6,12,17,26H,7-11H2,1-5H3,(H,24,25)(H,27,28)/b13-6+/t17-/m0/s1. The number of carboxylic acid groups (broad SMARTS) is 1. The number of phenolic OH excluding ortho intramolecular Hbond substituents is 1. The molecule has 0 fully saturated rings. The van der Waals surface area contributed by atoms with Crippen LogP contribution in [0.15, 0.2) is 11.6 Å². The molecule has 3 N–H and O–H groups in total. The summed E-state index contributed by atoms with van der Waals surface area (Å²) >= 11 is 0. The summed E-state index contributed by atoms with van der Waals surface area (Å²) in [5.41, 5.74) is 2.96. The molecular weight excluding hydrogens is 402 g/mol. The van der Waals surface area contributed by atoms with Crippen molar-refractivity contribution in [3.05, 3.63) is 33.9 Å². The molecule has 0 radical (unpaired) electrons. The van der Waals surface area contributed by atoms with E-state index in [1.54, 1.807) is 0 Å². The van der Waals surface area contributed by atoms with Crippen LogP contribution in [0.3, 0.4) is 0 Å². The number of methoxy groups -OCH3 is 1. The number of phenols is 1. The number of fused-ring (bicyclic) bond motifs is 1. The second kappa shape index (κ2) is 10.3. The van der Waals surface area contributed by atoms with E-state index in [1.165, 1.54) is 7.11 Å². The van der Waals surface area contributed by atoms with E-state index in [1.807, 2.05) is 33.8 Å². The lowest BCUT2D eigenvalue weighted by molar-refractivity contribution is -0.142. The molecule has 0 aromatic heterocycles. The van der Waals surface area contributed by atoms with Crippen molar-refractivity contribution in [2.45, 2.75) is 66.0 Å². The average molecular weight is 434 g/mol. The summed E-state index contributed by atoms with van der Waals surface area (Å²) in [6.07, 6.45) is 3.14. The first-order chi connectivity index (χ1) is 14.6. The fraction of sp³-hybridized carbons (Fsp3) is 0.522. The molecule has 0 unspecified atom stereocenters.